The fraction of sp³-hybridized carbons (Fsp3) is 1.00. The number of nitrogens with one attached hydrogen (secondary N) is 1. The van der Waals surface area contributed by atoms with Crippen LogP contribution in [0.5, 0.6) is 0 Å². The summed E-state index contributed by atoms with van der Waals surface area (Å²) in [4.78, 5) is 2.61. The Bertz CT molecular complexity index is 134. The van der Waals surface area contributed by atoms with Gasteiger partial charge in [-0.2, -0.15) is 0 Å². The molecule has 0 aromatic heterocycles. The summed E-state index contributed by atoms with van der Waals surface area (Å²) < 4.78 is 0. The van der Waals surface area contributed by atoms with Crippen LogP contribution in [0.3, 0.4) is 0 Å². The molecule has 1 fully saturated rings. The van der Waals surface area contributed by atoms with Crippen molar-refractivity contribution in [2.75, 3.05) is 26.2 Å². The Balaban J connectivity index is 2.28. The van der Waals surface area contributed by atoms with Crippen LogP contribution in [0, 0.1) is 5.92 Å². The molecule has 1 rings (SSSR count). The van der Waals surface area contributed by atoms with Crippen LogP contribution in [-0.4, -0.2) is 37.1 Å². The number of rotatable bonds is 2. The average molecular weight is 184 g/mol. The largest absolute Gasteiger partial charge is 0.314 e. The number of hydrogen-bond acceptors (Lipinski definition) is 2. The highest BCUT2D eigenvalue weighted by molar-refractivity contribution is 4.70. The van der Waals surface area contributed by atoms with Crippen LogP contribution < -0.4 is 5.32 Å². The van der Waals surface area contributed by atoms with Crippen molar-refractivity contribution < 1.29 is 0 Å². The topological polar surface area (TPSA) is 15.3 Å². The molecule has 0 aromatic carbocycles. The van der Waals surface area contributed by atoms with E-state index in [-0.39, 0.29) is 0 Å². The van der Waals surface area contributed by atoms with E-state index in [9.17, 15) is 0 Å². The summed E-state index contributed by atoms with van der Waals surface area (Å²) in [6.45, 7) is 11.9. The van der Waals surface area contributed by atoms with E-state index in [1.807, 2.05) is 0 Å². The minimum absolute atomic E-state index is 0.704. The molecule has 1 N–H and O–H groups in total. The molecule has 0 amide bonds. The van der Waals surface area contributed by atoms with Crippen molar-refractivity contribution in [3.8, 4) is 0 Å². The van der Waals surface area contributed by atoms with Crippen molar-refractivity contribution in [3.63, 3.8) is 0 Å². The Hall–Kier alpha value is -0.0800. The van der Waals surface area contributed by atoms with E-state index >= 15 is 0 Å². The van der Waals surface area contributed by atoms with E-state index < -0.39 is 0 Å². The molecule has 1 aliphatic rings. The van der Waals surface area contributed by atoms with Crippen molar-refractivity contribution in [2.45, 2.75) is 39.7 Å². The maximum Gasteiger partial charge on any atom is 0.00509 e. The second-order valence-corrected chi connectivity index (χ2v) is 4.69. The van der Waals surface area contributed by atoms with Gasteiger partial charge in [-0.15, -0.1) is 0 Å². The van der Waals surface area contributed by atoms with E-state index in [1.54, 1.807) is 0 Å². The third-order valence-corrected chi connectivity index (χ3v) is 2.65. The number of nitrogens with zero attached hydrogens (tertiary/aromatic N) is 1. The van der Waals surface area contributed by atoms with Gasteiger partial charge in [0.05, 0.1) is 0 Å². The van der Waals surface area contributed by atoms with Crippen LogP contribution in [0.25, 0.3) is 0 Å². The van der Waals surface area contributed by atoms with Crippen molar-refractivity contribution in [1.82, 2.24) is 10.2 Å². The van der Waals surface area contributed by atoms with Crippen molar-refractivity contribution in [3.05, 3.63) is 0 Å². The smallest absolute Gasteiger partial charge is 0.00509 e. The molecule has 0 bridgehead atoms. The third-order valence-electron chi connectivity index (χ3n) is 2.65. The molecule has 0 aliphatic carbocycles. The van der Waals surface area contributed by atoms with Crippen molar-refractivity contribution in [1.29, 1.82) is 0 Å². The second-order valence-electron chi connectivity index (χ2n) is 4.69. The lowest BCUT2D eigenvalue weighted by Crippen LogP contribution is -2.39. The molecule has 1 unspecified atom stereocenters. The summed E-state index contributed by atoms with van der Waals surface area (Å²) >= 11 is 0. The Kier molecular flexibility index (Phi) is 4.74. The first-order valence-electron chi connectivity index (χ1n) is 5.64. The molecule has 0 saturated carbocycles. The van der Waals surface area contributed by atoms with Crippen LogP contribution in [-0.2, 0) is 0 Å². The maximum atomic E-state index is 3.53. The maximum absolute atomic E-state index is 3.53. The van der Waals surface area contributed by atoms with Crippen LogP contribution in [0.2, 0.25) is 0 Å². The van der Waals surface area contributed by atoms with Gasteiger partial charge in [0.1, 0.15) is 0 Å². The van der Waals surface area contributed by atoms with Crippen molar-refractivity contribution >= 4 is 0 Å². The van der Waals surface area contributed by atoms with Crippen LogP contribution in [0.4, 0.5) is 0 Å². The first-order chi connectivity index (χ1) is 6.18. The van der Waals surface area contributed by atoms with Crippen LogP contribution in [0.15, 0.2) is 0 Å². The Morgan fingerprint density at radius 1 is 1.38 bits per heavy atom. The second kappa shape index (κ2) is 5.61. The lowest BCUT2D eigenvalue weighted by molar-refractivity contribution is 0.215. The van der Waals surface area contributed by atoms with Gasteiger partial charge in [-0.3, -0.25) is 0 Å². The van der Waals surface area contributed by atoms with Gasteiger partial charge < -0.3 is 10.2 Å². The van der Waals surface area contributed by atoms with E-state index in [2.05, 4.69) is 31.0 Å². The standard InChI is InChI=1S/C11H24N2/c1-10(2)9-13-7-4-6-12-11(3)5-8-13/h10-12H,4-9H2,1-3H3. The monoisotopic (exact) mass is 184 g/mol. The minimum atomic E-state index is 0.704. The molecule has 0 spiro atoms. The van der Waals surface area contributed by atoms with Gasteiger partial charge in [-0.05, 0) is 45.3 Å². The molecule has 13 heavy (non-hydrogen) atoms. The van der Waals surface area contributed by atoms with Gasteiger partial charge >= 0.3 is 0 Å². The fourth-order valence-electron chi connectivity index (χ4n) is 1.94. The SMILES string of the molecule is CC(C)CN1CCCNC(C)CC1. The molecule has 1 atom stereocenters. The zero-order valence-corrected chi connectivity index (χ0v) is 9.34. The van der Waals surface area contributed by atoms with E-state index in [0.717, 1.165) is 5.92 Å². The van der Waals surface area contributed by atoms with E-state index in [4.69, 9.17) is 0 Å². The molecule has 2 heteroatoms. The summed E-state index contributed by atoms with van der Waals surface area (Å²) in [5, 5.41) is 3.53. The van der Waals surface area contributed by atoms with Gasteiger partial charge in [0.2, 0.25) is 0 Å². The Labute approximate surface area is 82.7 Å². The molecule has 1 saturated heterocycles. The predicted molar refractivity (Wildman–Crippen MR) is 58.0 cm³/mol. The van der Waals surface area contributed by atoms with Gasteiger partial charge in [-0.25, -0.2) is 0 Å². The number of hydrogen-bond donors (Lipinski definition) is 1. The molecular formula is C11H24N2. The first-order valence-corrected chi connectivity index (χ1v) is 5.64. The summed E-state index contributed by atoms with van der Waals surface area (Å²) in [7, 11) is 0. The zero-order chi connectivity index (χ0) is 9.68. The third kappa shape index (κ3) is 4.63. The highest BCUT2D eigenvalue weighted by Crippen LogP contribution is 2.05. The Morgan fingerprint density at radius 2 is 2.15 bits per heavy atom. The fourth-order valence-corrected chi connectivity index (χ4v) is 1.94. The highest BCUT2D eigenvalue weighted by atomic mass is 15.1. The van der Waals surface area contributed by atoms with Crippen LogP contribution >= 0.6 is 0 Å². The summed E-state index contributed by atoms with van der Waals surface area (Å²) in [5.74, 6) is 0.808. The molecule has 1 aliphatic heterocycles. The van der Waals surface area contributed by atoms with Crippen molar-refractivity contribution in [2.24, 2.45) is 5.92 Å². The van der Waals surface area contributed by atoms with E-state index in [1.165, 1.54) is 39.0 Å². The average Bonchev–Trinajstić information content (AvgIpc) is 2.03. The summed E-state index contributed by atoms with van der Waals surface area (Å²) in [6.07, 6.45) is 2.60. The highest BCUT2D eigenvalue weighted by Gasteiger charge is 2.11. The molecule has 2 nitrogen and oxygen atoms in total. The molecule has 78 valence electrons. The predicted octanol–water partition coefficient (Wildman–Crippen LogP) is 1.72. The van der Waals surface area contributed by atoms with E-state index in [0.29, 0.717) is 6.04 Å². The van der Waals surface area contributed by atoms with Gasteiger partial charge in [0.25, 0.3) is 0 Å². The molecule has 0 radical (unpaired) electrons. The zero-order valence-electron chi connectivity index (χ0n) is 9.34. The summed E-state index contributed by atoms with van der Waals surface area (Å²) in [6, 6.07) is 0.704. The summed E-state index contributed by atoms with van der Waals surface area (Å²) in [5.41, 5.74) is 0. The van der Waals surface area contributed by atoms with Gasteiger partial charge in [-0.1, -0.05) is 13.8 Å². The Morgan fingerprint density at radius 3 is 2.85 bits per heavy atom. The quantitative estimate of drug-likeness (QED) is 0.703. The molecule has 1 heterocycles. The van der Waals surface area contributed by atoms with Gasteiger partial charge in [0, 0.05) is 12.6 Å². The lowest BCUT2D eigenvalue weighted by Gasteiger charge is -2.28. The molecule has 0 aromatic rings. The lowest BCUT2D eigenvalue weighted by atomic mass is 10.1. The minimum Gasteiger partial charge on any atom is -0.314 e. The molecular weight excluding hydrogens is 160 g/mol. The normalized spacial score (nSPS) is 27.2. The first kappa shape index (κ1) is 11.0. The van der Waals surface area contributed by atoms with Gasteiger partial charge in [0.15, 0.2) is 0 Å². The van der Waals surface area contributed by atoms with Crippen LogP contribution in [0.1, 0.15) is 33.6 Å².